The minimum absolute atomic E-state index is 0.0971. The molecule has 0 aromatic heterocycles. The first-order valence-corrected chi connectivity index (χ1v) is 9.25. The van der Waals surface area contributed by atoms with Gasteiger partial charge in [-0.15, -0.1) is 0 Å². The Morgan fingerprint density at radius 2 is 1.89 bits per heavy atom. The number of benzene rings is 2. The quantitative estimate of drug-likeness (QED) is 0.758. The van der Waals surface area contributed by atoms with Crippen molar-refractivity contribution >= 4 is 23.4 Å². The molecule has 0 fully saturated rings. The number of methoxy groups -OCH3 is 1. The number of rotatable bonds is 7. The van der Waals surface area contributed by atoms with E-state index >= 15 is 0 Å². The minimum Gasteiger partial charge on any atom is -0.496 e. The van der Waals surface area contributed by atoms with Crippen molar-refractivity contribution in [3.05, 3.63) is 64.4 Å². The van der Waals surface area contributed by atoms with Crippen molar-refractivity contribution < 1.29 is 18.7 Å². The van der Waals surface area contributed by atoms with E-state index in [0.717, 1.165) is 5.56 Å². The summed E-state index contributed by atoms with van der Waals surface area (Å²) in [4.78, 5) is 26.9. The van der Waals surface area contributed by atoms with Gasteiger partial charge in [0.25, 0.3) is 5.91 Å². The van der Waals surface area contributed by atoms with Crippen LogP contribution in [0.25, 0.3) is 0 Å². The normalized spacial score (nSPS) is 11.8. The number of ether oxygens (including phenoxy) is 1. The van der Waals surface area contributed by atoms with Crippen molar-refractivity contribution in [1.29, 1.82) is 0 Å². The molecule has 1 unspecified atom stereocenters. The van der Waals surface area contributed by atoms with E-state index < -0.39 is 17.8 Å². The molecule has 1 N–H and O–H groups in total. The highest BCUT2D eigenvalue weighted by molar-refractivity contribution is 6.30. The Kier molecular flexibility index (Phi) is 7.40. The first kappa shape index (κ1) is 21.7. The number of nitrogens with zero attached hydrogens (tertiary/aromatic N) is 1. The molecular weight excluding hydrogens is 383 g/mol. The van der Waals surface area contributed by atoms with Crippen LogP contribution < -0.4 is 10.1 Å². The lowest BCUT2D eigenvalue weighted by Gasteiger charge is -2.27. The van der Waals surface area contributed by atoms with E-state index in [1.165, 1.54) is 23.1 Å². The van der Waals surface area contributed by atoms with Crippen LogP contribution in [0, 0.1) is 11.7 Å². The highest BCUT2D eigenvalue weighted by Gasteiger charge is 2.28. The molecule has 2 rings (SSSR count). The number of hydrogen-bond acceptors (Lipinski definition) is 3. The van der Waals surface area contributed by atoms with Crippen LogP contribution in [0.3, 0.4) is 0 Å². The lowest BCUT2D eigenvalue weighted by atomic mass is 10.0. The van der Waals surface area contributed by atoms with Gasteiger partial charge in [-0.25, -0.2) is 4.39 Å². The number of amides is 2. The third kappa shape index (κ3) is 5.23. The van der Waals surface area contributed by atoms with Crippen LogP contribution in [0.1, 0.15) is 29.8 Å². The van der Waals surface area contributed by atoms with E-state index in [1.807, 2.05) is 13.8 Å². The molecule has 0 aliphatic heterocycles. The third-order valence-corrected chi connectivity index (χ3v) is 4.60. The zero-order valence-electron chi connectivity index (χ0n) is 16.3. The second-order valence-electron chi connectivity index (χ2n) is 6.83. The summed E-state index contributed by atoms with van der Waals surface area (Å²) in [6.07, 6.45) is 0. The minimum atomic E-state index is -0.803. The Bertz CT molecular complexity index is 857. The second kappa shape index (κ2) is 9.55. The van der Waals surface area contributed by atoms with Gasteiger partial charge in [0.05, 0.1) is 12.7 Å². The van der Waals surface area contributed by atoms with Crippen molar-refractivity contribution in [3.63, 3.8) is 0 Å². The maximum atomic E-state index is 13.9. The Morgan fingerprint density at radius 1 is 1.21 bits per heavy atom. The number of likely N-dealkylation sites (N-methyl/N-ethyl adjacent to an activating group) is 1. The van der Waals surface area contributed by atoms with Crippen molar-refractivity contribution in [2.24, 2.45) is 5.92 Å². The Labute approximate surface area is 169 Å². The van der Waals surface area contributed by atoms with Crippen LogP contribution in [0.15, 0.2) is 42.5 Å². The largest absolute Gasteiger partial charge is 0.496 e. The topological polar surface area (TPSA) is 58.6 Å². The fourth-order valence-electron chi connectivity index (χ4n) is 2.82. The molecule has 0 heterocycles. The number of hydrogen-bond donors (Lipinski definition) is 1. The number of halogens is 2. The van der Waals surface area contributed by atoms with Crippen LogP contribution in [0.2, 0.25) is 5.02 Å². The van der Waals surface area contributed by atoms with Crippen molar-refractivity contribution in [2.45, 2.75) is 26.4 Å². The second-order valence-corrected chi connectivity index (χ2v) is 7.26. The van der Waals surface area contributed by atoms with Gasteiger partial charge in [-0.2, -0.15) is 0 Å². The molecule has 0 saturated carbocycles. The standard InChI is InChI=1S/C21H24ClFN2O3/c1-13(2)19(24-20(26)16-7-5-6-8-17(16)23)21(27)25(3)12-14-11-15(22)9-10-18(14)28-4/h5-11,13,19H,12H2,1-4H3,(H,24,26). The van der Waals surface area contributed by atoms with Crippen molar-refractivity contribution in [2.75, 3.05) is 14.2 Å². The molecule has 0 radical (unpaired) electrons. The van der Waals surface area contributed by atoms with E-state index in [4.69, 9.17) is 16.3 Å². The highest BCUT2D eigenvalue weighted by Crippen LogP contribution is 2.24. The molecule has 2 amide bonds. The van der Waals surface area contributed by atoms with Gasteiger partial charge in [0, 0.05) is 24.2 Å². The Hall–Kier alpha value is -2.60. The SMILES string of the molecule is COc1ccc(Cl)cc1CN(C)C(=O)C(NC(=O)c1ccccc1F)C(C)C. The number of carbonyl (C=O) groups excluding carboxylic acids is 2. The molecule has 0 bridgehead atoms. The summed E-state index contributed by atoms with van der Waals surface area (Å²) >= 11 is 6.05. The van der Waals surface area contributed by atoms with E-state index in [2.05, 4.69) is 5.32 Å². The van der Waals surface area contributed by atoms with Crippen LogP contribution in [-0.4, -0.2) is 36.9 Å². The summed E-state index contributed by atoms with van der Waals surface area (Å²) in [6.45, 7) is 3.89. The first-order chi connectivity index (χ1) is 13.2. The molecular formula is C21H24ClFN2O3. The average Bonchev–Trinajstić information content (AvgIpc) is 2.65. The number of carbonyl (C=O) groups is 2. The molecule has 1 atom stereocenters. The fourth-order valence-corrected chi connectivity index (χ4v) is 3.01. The maximum Gasteiger partial charge on any atom is 0.254 e. The fraction of sp³-hybridized carbons (Fsp3) is 0.333. The highest BCUT2D eigenvalue weighted by atomic mass is 35.5. The molecule has 150 valence electrons. The van der Waals surface area contributed by atoms with Crippen LogP contribution in [0.5, 0.6) is 5.75 Å². The third-order valence-electron chi connectivity index (χ3n) is 4.36. The predicted molar refractivity (Wildman–Crippen MR) is 107 cm³/mol. The molecule has 0 spiro atoms. The zero-order chi connectivity index (χ0) is 20.8. The maximum absolute atomic E-state index is 13.9. The van der Waals surface area contributed by atoms with Gasteiger partial charge in [0.15, 0.2) is 0 Å². The van der Waals surface area contributed by atoms with Gasteiger partial charge in [-0.3, -0.25) is 9.59 Å². The summed E-state index contributed by atoms with van der Waals surface area (Å²) in [5, 5.41) is 3.18. The van der Waals surface area contributed by atoms with Gasteiger partial charge < -0.3 is 15.0 Å². The Balaban J connectivity index is 2.17. The van der Waals surface area contributed by atoms with E-state index in [-0.39, 0.29) is 23.9 Å². The van der Waals surface area contributed by atoms with E-state index in [0.29, 0.717) is 10.8 Å². The van der Waals surface area contributed by atoms with Gasteiger partial charge >= 0.3 is 0 Å². The zero-order valence-corrected chi connectivity index (χ0v) is 17.1. The molecule has 5 nitrogen and oxygen atoms in total. The van der Waals surface area contributed by atoms with Crippen LogP contribution >= 0.6 is 11.6 Å². The summed E-state index contributed by atoms with van der Waals surface area (Å²) in [6, 6.07) is 10.0. The van der Waals surface area contributed by atoms with E-state index in [9.17, 15) is 14.0 Å². The van der Waals surface area contributed by atoms with Crippen LogP contribution in [-0.2, 0) is 11.3 Å². The lowest BCUT2D eigenvalue weighted by molar-refractivity contribution is -0.133. The first-order valence-electron chi connectivity index (χ1n) is 8.87. The van der Waals surface area contributed by atoms with Gasteiger partial charge in [-0.1, -0.05) is 37.6 Å². The molecule has 7 heteroatoms. The van der Waals surface area contributed by atoms with Crippen molar-refractivity contribution in [3.8, 4) is 5.75 Å². The Morgan fingerprint density at radius 3 is 2.50 bits per heavy atom. The van der Waals surface area contributed by atoms with E-state index in [1.54, 1.807) is 38.4 Å². The average molecular weight is 407 g/mol. The summed E-state index contributed by atoms with van der Waals surface area (Å²) in [5.74, 6) is -1.12. The lowest BCUT2D eigenvalue weighted by Crippen LogP contribution is -2.50. The summed E-state index contributed by atoms with van der Waals surface area (Å²) in [7, 11) is 3.17. The van der Waals surface area contributed by atoms with Gasteiger partial charge in [0.2, 0.25) is 5.91 Å². The summed E-state index contributed by atoms with van der Waals surface area (Å²) < 4.78 is 19.2. The molecule has 0 aliphatic rings. The van der Waals surface area contributed by atoms with Gasteiger partial charge in [0.1, 0.15) is 17.6 Å². The molecule has 2 aromatic carbocycles. The van der Waals surface area contributed by atoms with Crippen LogP contribution in [0.4, 0.5) is 4.39 Å². The van der Waals surface area contributed by atoms with Crippen molar-refractivity contribution in [1.82, 2.24) is 10.2 Å². The monoisotopic (exact) mass is 406 g/mol. The summed E-state index contributed by atoms with van der Waals surface area (Å²) in [5.41, 5.74) is 0.647. The molecule has 28 heavy (non-hydrogen) atoms. The predicted octanol–water partition coefficient (Wildman–Crippen LogP) is 3.90. The molecule has 2 aromatic rings. The van der Waals surface area contributed by atoms with Gasteiger partial charge in [-0.05, 0) is 36.2 Å². The smallest absolute Gasteiger partial charge is 0.254 e. The molecule has 0 saturated heterocycles. The molecule has 0 aliphatic carbocycles. The number of nitrogens with one attached hydrogen (secondary N) is 1.